The fourth-order valence-corrected chi connectivity index (χ4v) is 4.63. The van der Waals surface area contributed by atoms with E-state index in [-0.39, 0.29) is 11.9 Å². The molecule has 0 aromatic heterocycles. The molecule has 2 unspecified atom stereocenters. The summed E-state index contributed by atoms with van der Waals surface area (Å²) < 4.78 is 3.78. The monoisotopic (exact) mass is 438 g/mol. The Hall–Kier alpha value is -2.31. The second kappa shape index (κ2) is 11.3. The van der Waals surface area contributed by atoms with E-state index in [2.05, 4.69) is 59.2 Å². The summed E-state index contributed by atoms with van der Waals surface area (Å²) >= 11 is 3.91. The van der Waals surface area contributed by atoms with Gasteiger partial charge in [-0.15, -0.1) is 6.58 Å². The molecule has 5 nitrogen and oxygen atoms in total. The molecule has 1 fully saturated rings. The van der Waals surface area contributed by atoms with Gasteiger partial charge < -0.3 is 15.5 Å². The highest BCUT2D eigenvalue weighted by molar-refractivity contribution is 7.78. The number of carbonyl (C=O) groups is 1. The zero-order valence-corrected chi connectivity index (χ0v) is 19.3. The highest BCUT2D eigenvalue weighted by Crippen LogP contribution is 2.33. The van der Waals surface area contributed by atoms with E-state index in [1.807, 2.05) is 24.1 Å². The minimum Gasteiger partial charge on any atom is -0.390 e. The van der Waals surface area contributed by atoms with E-state index in [4.69, 9.17) is 0 Å². The van der Waals surface area contributed by atoms with Crippen LogP contribution >= 0.6 is 12.8 Å². The molecule has 1 amide bonds. The van der Waals surface area contributed by atoms with Gasteiger partial charge in [0.15, 0.2) is 0 Å². The first-order valence-corrected chi connectivity index (χ1v) is 11.5. The number of rotatable bonds is 8. The molecule has 0 aliphatic carbocycles. The van der Waals surface area contributed by atoms with E-state index in [9.17, 15) is 4.79 Å². The molecule has 0 bridgehead atoms. The lowest BCUT2D eigenvalue weighted by Crippen LogP contribution is -2.39. The fourth-order valence-electron chi connectivity index (χ4n) is 4.56. The molecule has 1 aromatic carbocycles. The standard InChI is InChI=1S/C25H34N4OS/c1-4-5-6-24(18(2)26-3)29-17-22-15-21(9-10-23(22)25(29)30)20-8-7-19(11-14-28-31)16-27-13-12-20/h4,9-11,14-15,20,24,26-27,31H,1-2,5-8,12-13,16-17H2,3H3/b19-11+,28-14?. The SMILES string of the molecule is C=CCCC(C(=C)NC)N1Cc2cc(C3CCNC/C(=C/C=NS)CC3)ccc2C1=O. The first-order valence-electron chi connectivity index (χ1n) is 11.1. The number of thiol groups is 1. The number of fused-ring (bicyclic) bond motifs is 1. The summed E-state index contributed by atoms with van der Waals surface area (Å²) in [6, 6.07) is 6.40. The number of allylic oxidation sites excluding steroid dienone is 2. The summed E-state index contributed by atoms with van der Waals surface area (Å²) in [6.45, 7) is 10.5. The van der Waals surface area contributed by atoms with Crippen molar-refractivity contribution in [2.75, 3.05) is 20.1 Å². The molecular weight excluding hydrogens is 404 g/mol. The summed E-state index contributed by atoms with van der Waals surface area (Å²) in [4.78, 5) is 15.1. The number of hydrogen-bond donors (Lipinski definition) is 3. The maximum absolute atomic E-state index is 13.1. The van der Waals surface area contributed by atoms with Crippen molar-refractivity contribution in [2.45, 2.75) is 50.6 Å². The number of hydrogen-bond acceptors (Lipinski definition) is 5. The maximum atomic E-state index is 13.1. The molecule has 2 N–H and O–H groups in total. The summed E-state index contributed by atoms with van der Waals surface area (Å²) in [5.41, 5.74) is 5.50. The molecule has 31 heavy (non-hydrogen) atoms. The van der Waals surface area contributed by atoms with E-state index < -0.39 is 0 Å². The highest BCUT2D eigenvalue weighted by Gasteiger charge is 2.34. The van der Waals surface area contributed by atoms with Gasteiger partial charge >= 0.3 is 0 Å². The molecule has 2 aliphatic rings. The Morgan fingerprint density at radius 2 is 2.29 bits per heavy atom. The number of likely N-dealkylation sites (N-methyl/N-ethyl adjacent to an activating group) is 1. The van der Waals surface area contributed by atoms with Gasteiger partial charge in [-0.05, 0) is 80.7 Å². The van der Waals surface area contributed by atoms with Crippen LogP contribution in [-0.4, -0.2) is 43.2 Å². The van der Waals surface area contributed by atoms with Crippen molar-refractivity contribution in [3.63, 3.8) is 0 Å². The minimum absolute atomic E-state index is 0.0295. The smallest absolute Gasteiger partial charge is 0.255 e. The van der Waals surface area contributed by atoms with Crippen molar-refractivity contribution in [3.05, 3.63) is 71.5 Å². The fraction of sp³-hybridized carbons (Fsp3) is 0.440. The second-order valence-corrected chi connectivity index (χ2v) is 8.53. The molecule has 0 saturated carbocycles. The molecule has 3 rings (SSSR count). The lowest BCUT2D eigenvalue weighted by atomic mass is 9.87. The van der Waals surface area contributed by atoms with Crippen molar-refractivity contribution in [1.29, 1.82) is 0 Å². The van der Waals surface area contributed by atoms with Gasteiger partial charge in [-0.2, -0.15) is 0 Å². The molecule has 1 aromatic rings. The molecule has 0 radical (unpaired) electrons. The first kappa shape index (κ1) is 23.4. The average Bonchev–Trinajstić information content (AvgIpc) is 3.09. The van der Waals surface area contributed by atoms with Crippen molar-refractivity contribution >= 4 is 24.9 Å². The molecule has 2 heterocycles. The highest BCUT2D eigenvalue weighted by atomic mass is 32.1. The van der Waals surface area contributed by atoms with Crippen LogP contribution in [0.4, 0.5) is 0 Å². The zero-order valence-electron chi connectivity index (χ0n) is 18.4. The van der Waals surface area contributed by atoms with Crippen molar-refractivity contribution in [1.82, 2.24) is 15.5 Å². The van der Waals surface area contributed by atoms with E-state index in [0.717, 1.165) is 62.0 Å². The lowest BCUT2D eigenvalue weighted by molar-refractivity contribution is 0.0719. The number of benzene rings is 1. The quantitative estimate of drug-likeness (QED) is 0.320. The molecule has 2 atom stereocenters. The van der Waals surface area contributed by atoms with Gasteiger partial charge in [-0.25, -0.2) is 4.40 Å². The van der Waals surface area contributed by atoms with Crippen molar-refractivity contribution < 1.29 is 4.79 Å². The van der Waals surface area contributed by atoms with Crippen LogP contribution in [-0.2, 0) is 6.54 Å². The topological polar surface area (TPSA) is 56.7 Å². The van der Waals surface area contributed by atoms with Crippen molar-refractivity contribution in [2.24, 2.45) is 4.40 Å². The third-order valence-corrected chi connectivity index (χ3v) is 6.52. The Morgan fingerprint density at radius 3 is 3.03 bits per heavy atom. The van der Waals surface area contributed by atoms with Gasteiger partial charge in [0.25, 0.3) is 5.91 Å². The van der Waals surface area contributed by atoms with Gasteiger partial charge in [0, 0.05) is 37.6 Å². The third kappa shape index (κ3) is 5.69. The number of nitrogens with zero attached hydrogens (tertiary/aromatic N) is 2. The first-order chi connectivity index (χ1) is 15.1. The van der Waals surface area contributed by atoms with Gasteiger partial charge in [0.2, 0.25) is 0 Å². The summed E-state index contributed by atoms with van der Waals surface area (Å²) in [5, 5.41) is 6.67. The largest absolute Gasteiger partial charge is 0.390 e. The molecule has 2 aliphatic heterocycles. The molecule has 0 spiro atoms. The molecule has 1 saturated heterocycles. The predicted octanol–water partition coefficient (Wildman–Crippen LogP) is 4.41. The number of carbonyl (C=O) groups excluding carboxylic acids is 1. The van der Waals surface area contributed by atoms with Crippen LogP contribution in [0.25, 0.3) is 0 Å². The Morgan fingerprint density at radius 1 is 1.45 bits per heavy atom. The van der Waals surface area contributed by atoms with E-state index >= 15 is 0 Å². The summed E-state index contributed by atoms with van der Waals surface area (Å²) in [7, 11) is 1.86. The third-order valence-electron chi connectivity index (χ3n) is 6.39. The number of nitrogens with one attached hydrogen (secondary N) is 2. The number of amides is 1. The second-order valence-electron chi connectivity index (χ2n) is 8.30. The van der Waals surface area contributed by atoms with Gasteiger partial charge in [-0.3, -0.25) is 4.79 Å². The van der Waals surface area contributed by atoms with Crippen LogP contribution in [0, 0.1) is 0 Å². The Bertz CT molecular complexity index is 876. The Labute approximate surface area is 191 Å². The molecule has 6 heteroatoms. The van der Waals surface area contributed by atoms with Crippen LogP contribution in [0.2, 0.25) is 0 Å². The minimum atomic E-state index is -0.0295. The van der Waals surface area contributed by atoms with Gasteiger partial charge in [-0.1, -0.05) is 30.4 Å². The van der Waals surface area contributed by atoms with Crippen LogP contribution in [0.5, 0.6) is 0 Å². The Kier molecular flexibility index (Phi) is 8.55. The summed E-state index contributed by atoms with van der Waals surface area (Å²) in [5.74, 6) is 0.574. The molecular formula is C25H34N4OS. The van der Waals surface area contributed by atoms with Crippen LogP contribution in [0.1, 0.15) is 59.5 Å². The lowest BCUT2D eigenvalue weighted by Gasteiger charge is -2.29. The average molecular weight is 439 g/mol. The summed E-state index contributed by atoms with van der Waals surface area (Å²) in [6.07, 6.45) is 10.6. The van der Waals surface area contributed by atoms with Crippen LogP contribution in [0.15, 0.2) is 59.2 Å². The van der Waals surface area contributed by atoms with Gasteiger partial charge in [0.05, 0.1) is 6.04 Å². The van der Waals surface area contributed by atoms with Crippen LogP contribution in [0.3, 0.4) is 0 Å². The maximum Gasteiger partial charge on any atom is 0.255 e. The van der Waals surface area contributed by atoms with Crippen molar-refractivity contribution in [3.8, 4) is 0 Å². The predicted molar refractivity (Wildman–Crippen MR) is 133 cm³/mol. The van der Waals surface area contributed by atoms with E-state index in [1.54, 1.807) is 6.21 Å². The Balaban J connectivity index is 1.77. The molecule has 166 valence electrons. The zero-order chi connectivity index (χ0) is 22.2. The normalized spacial score (nSPS) is 21.6. The van der Waals surface area contributed by atoms with Gasteiger partial charge in [0.1, 0.15) is 0 Å². The van der Waals surface area contributed by atoms with E-state index in [0.29, 0.717) is 12.5 Å². The van der Waals surface area contributed by atoms with Crippen LogP contribution < -0.4 is 10.6 Å². The van der Waals surface area contributed by atoms with E-state index in [1.165, 1.54) is 11.1 Å².